The first-order chi connectivity index (χ1) is 16.3. The van der Waals surface area contributed by atoms with Crippen molar-refractivity contribution in [2.45, 2.75) is 71.4 Å². The summed E-state index contributed by atoms with van der Waals surface area (Å²) in [7, 11) is 2.07. The van der Waals surface area contributed by atoms with Crippen molar-refractivity contribution in [2.24, 2.45) is 0 Å². The van der Waals surface area contributed by atoms with Crippen LogP contribution in [-0.2, 0) is 21.7 Å². The lowest BCUT2D eigenvalue weighted by atomic mass is 9.84. The van der Waals surface area contributed by atoms with Gasteiger partial charge in [-0.15, -0.1) is 0 Å². The summed E-state index contributed by atoms with van der Waals surface area (Å²) in [6.07, 6.45) is 2.22. The first kappa shape index (κ1) is 26.9. The van der Waals surface area contributed by atoms with E-state index < -0.39 is 14.0 Å². The van der Waals surface area contributed by atoms with Crippen LogP contribution in [0, 0.1) is 0 Å². The summed E-state index contributed by atoms with van der Waals surface area (Å²) in [5.41, 5.74) is 3.39. The smallest absolute Gasteiger partial charge is 0.216 e. The summed E-state index contributed by atoms with van der Waals surface area (Å²) in [6, 6.07) is 8.14. The molecule has 3 aromatic rings. The molecular weight excluding hydrogens is 463 g/mol. The lowest BCUT2D eigenvalue weighted by Crippen LogP contribution is -2.12. The fourth-order valence-corrected chi connectivity index (χ4v) is 5.50. The van der Waals surface area contributed by atoms with Gasteiger partial charge in [0.2, 0.25) is 8.01 Å². The molecule has 1 heterocycles. The van der Waals surface area contributed by atoms with E-state index in [0.29, 0.717) is 12.8 Å². The fourth-order valence-electron chi connectivity index (χ4n) is 3.99. The molecule has 0 saturated carbocycles. The minimum absolute atomic E-state index is 0.182. The van der Waals surface area contributed by atoms with Crippen LogP contribution in [-0.4, -0.2) is 20.8 Å². The van der Waals surface area contributed by atoms with Gasteiger partial charge in [0.05, 0.1) is 20.4 Å². The Bertz CT molecular complexity index is 1160. The molecule has 0 fully saturated rings. The summed E-state index contributed by atoms with van der Waals surface area (Å²) < 4.78 is 29.8. The fraction of sp³-hybridized carbons (Fsp3) is 0.500. The monoisotopic (exact) mass is 501 g/mol. The zero-order chi connectivity index (χ0) is 26.0. The molecule has 0 unspecified atom stereocenters. The largest absolute Gasteiger partial charge is 0.614 e. The predicted molar refractivity (Wildman–Crippen MR) is 141 cm³/mol. The predicted octanol–water partition coefficient (Wildman–Crippen LogP) is 7.53. The number of unbranched alkanes of at least 4 members (excludes halogenated alkanes) is 1. The number of hydrogen-bond donors (Lipinski definition) is 0. The molecule has 192 valence electrons. The first-order valence-corrected chi connectivity index (χ1v) is 13.3. The van der Waals surface area contributed by atoms with E-state index in [4.69, 9.17) is 22.6 Å². The highest BCUT2D eigenvalue weighted by Gasteiger charge is 2.25. The van der Waals surface area contributed by atoms with Crippen molar-refractivity contribution in [3.8, 4) is 11.5 Å². The van der Waals surface area contributed by atoms with Gasteiger partial charge in [0.15, 0.2) is 0 Å². The van der Waals surface area contributed by atoms with E-state index in [1.807, 2.05) is 12.1 Å². The Morgan fingerprint density at radius 3 is 1.66 bits per heavy atom. The van der Waals surface area contributed by atoms with Crippen molar-refractivity contribution >= 4 is 30.0 Å². The van der Waals surface area contributed by atoms with E-state index >= 15 is 0 Å². The first-order valence-electron chi connectivity index (χ1n) is 11.9. The molecule has 0 bridgehead atoms. The summed E-state index contributed by atoms with van der Waals surface area (Å²) >= 11 is 0. The second-order valence-corrected chi connectivity index (χ2v) is 12.2. The number of rotatable bonds is 8. The van der Waals surface area contributed by atoms with E-state index in [-0.39, 0.29) is 10.8 Å². The van der Waals surface area contributed by atoms with Crippen molar-refractivity contribution in [2.75, 3.05) is 20.8 Å². The molecule has 6 nitrogen and oxygen atoms in total. The Morgan fingerprint density at radius 1 is 0.829 bits per heavy atom. The van der Waals surface area contributed by atoms with Crippen LogP contribution in [0.25, 0.3) is 21.9 Å². The third-order valence-electron chi connectivity index (χ3n) is 5.89. The summed E-state index contributed by atoms with van der Waals surface area (Å²) in [5.74, 6) is 1.03. The molecule has 0 N–H and O–H groups in total. The topological polar surface area (TPSA) is 77.0 Å². The highest BCUT2D eigenvalue weighted by atomic mass is 31.1. The highest BCUT2D eigenvalue weighted by Crippen LogP contribution is 2.45. The van der Waals surface area contributed by atoms with Crippen LogP contribution in [0.3, 0.4) is 0 Å². The minimum Gasteiger partial charge on any atom is -0.614 e. The molecule has 2 aromatic carbocycles. The van der Waals surface area contributed by atoms with Gasteiger partial charge in [-0.05, 0) is 54.5 Å². The van der Waals surface area contributed by atoms with E-state index in [9.17, 15) is 5.11 Å². The van der Waals surface area contributed by atoms with Gasteiger partial charge in [-0.2, -0.15) is 0 Å². The van der Waals surface area contributed by atoms with Crippen LogP contribution in [0.2, 0.25) is 0 Å². The maximum Gasteiger partial charge on any atom is 0.216 e. The molecule has 0 amide bonds. The molecule has 0 aliphatic rings. The molecule has 3 rings (SSSR count). The van der Waals surface area contributed by atoms with Crippen LogP contribution in [0.1, 0.15) is 65.5 Å². The highest BCUT2D eigenvalue weighted by molar-refractivity contribution is 7.36. The molecule has 1 aromatic heterocycles. The third kappa shape index (κ3) is 6.29. The van der Waals surface area contributed by atoms with Gasteiger partial charge in [0.1, 0.15) is 22.7 Å². The summed E-state index contributed by atoms with van der Waals surface area (Å²) in [6.45, 7) is 16.6. The average molecular weight is 502 g/mol. The number of methoxy groups -OCH3 is 2. The lowest BCUT2D eigenvalue weighted by Gasteiger charge is -2.21. The maximum absolute atomic E-state index is 11.0. The summed E-state index contributed by atoms with van der Waals surface area (Å²) in [4.78, 5) is 0. The van der Waals surface area contributed by atoms with Crippen LogP contribution in [0.15, 0.2) is 45.2 Å². The number of benzene rings is 2. The number of fused-ring (bicyclic) bond motifs is 3. The van der Waals surface area contributed by atoms with Crippen LogP contribution in [0.4, 0.5) is 0 Å². The number of ether oxygens (including phenoxy) is 3. The van der Waals surface area contributed by atoms with E-state index in [0.717, 1.165) is 57.4 Å². The van der Waals surface area contributed by atoms with Gasteiger partial charge in [-0.1, -0.05) is 48.1 Å². The quantitative estimate of drug-likeness (QED) is 0.234. The van der Waals surface area contributed by atoms with Crippen molar-refractivity contribution < 1.29 is 27.7 Å². The average Bonchev–Trinajstić information content (AvgIpc) is 2.92. The molecule has 35 heavy (non-hydrogen) atoms. The molecule has 0 spiro atoms. The van der Waals surface area contributed by atoms with Crippen LogP contribution in [0.5, 0.6) is 11.5 Å². The van der Waals surface area contributed by atoms with E-state index in [1.54, 1.807) is 14.2 Å². The van der Waals surface area contributed by atoms with Crippen molar-refractivity contribution in [3.05, 3.63) is 47.9 Å². The Morgan fingerprint density at radius 2 is 1.29 bits per heavy atom. The Kier molecular flexibility index (Phi) is 8.06. The number of hydrogen-bond acceptors (Lipinski definition) is 6. The second-order valence-electron chi connectivity index (χ2n) is 10.8. The lowest BCUT2D eigenvalue weighted by molar-refractivity contribution is -0.356. The van der Waals surface area contributed by atoms with Gasteiger partial charge >= 0.3 is 0 Å². The molecule has 0 radical (unpaired) electrons. The van der Waals surface area contributed by atoms with Crippen LogP contribution >= 0.6 is 8.01 Å². The molecule has 0 atom stereocenters. The molecular formula is C28H38O6P-. The zero-order valence-corrected chi connectivity index (χ0v) is 23.1. The van der Waals surface area contributed by atoms with Gasteiger partial charge in [-0.25, -0.2) is 0 Å². The van der Waals surface area contributed by atoms with Gasteiger partial charge in [0.25, 0.3) is 0 Å². The van der Waals surface area contributed by atoms with Crippen molar-refractivity contribution in [1.82, 2.24) is 0 Å². The Hall–Kier alpha value is -2.72. The van der Waals surface area contributed by atoms with E-state index in [2.05, 4.69) is 60.3 Å². The van der Waals surface area contributed by atoms with Gasteiger partial charge in [-0.3, -0.25) is 0 Å². The van der Waals surface area contributed by atoms with Gasteiger partial charge < -0.3 is 27.7 Å². The summed E-state index contributed by atoms with van der Waals surface area (Å²) in [5, 5.41) is 12.9. The molecule has 7 heteroatoms. The minimum atomic E-state index is -1.30. The standard InChI is InChI=1S/C28H39O6P/c1-18(29)32-12-10-11-13-35-33-25-21(14-19(30-8)16-23(25)27(2,3)4)22-15-20(31-9)17-24(26(22)34-35)28(5,6)7/h14-17,29H,1,10-13H2,2-9H3/p-1. The van der Waals surface area contributed by atoms with Gasteiger partial charge in [0, 0.05) is 27.8 Å². The van der Waals surface area contributed by atoms with Crippen molar-refractivity contribution in [1.29, 1.82) is 0 Å². The Labute approximate surface area is 209 Å². The second kappa shape index (κ2) is 10.5. The Balaban J connectivity index is 2.38. The molecule has 0 saturated heterocycles. The zero-order valence-electron chi connectivity index (χ0n) is 22.2. The maximum atomic E-state index is 11.0. The molecule has 0 aliphatic carbocycles. The normalized spacial score (nSPS) is 12.1. The molecule has 0 aliphatic heterocycles. The van der Waals surface area contributed by atoms with E-state index in [1.165, 1.54) is 0 Å². The van der Waals surface area contributed by atoms with Crippen LogP contribution < -0.4 is 14.6 Å². The number of aryl methyl sites for hydroxylation is 1. The van der Waals surface area contributed by atoms with Crippen molar-refractivity contribution in [3.63, 3.8) is 0 Å². The SMILES string of the molecule is C=C([O-])OCCCCp1oc2c(C(C)(C)C)cc(OC)cc2c2cc(OC)cc(C(C)(C)C)c2o1. The third-order valence-corrected chi connectivity index (χ3v) is 7.34.